The average Bonchev–Trinajstić information content (AvgIpc) is 3.28. The van der Waals surface area contributed by atoms with Crippen molar-refractivity contribution in [3.63, 3.8) is 0 Å². The van der Waals surface area contributed by atoms with Crippen LogP contribution in [0.5, 0.6) is 5.88 Å². The number of hydrogen-bond donors (Lipinski definition) is 2. The van der Waals surface area contributed by atoms with Gasteiger partial charge in [-0.05, 0) is 24.5 Å². The van der Waals surface area contributed by atoms with Gasteiger partial charge in [-0.25, -0.2) is 8.42 Å². The number of nitrogens with two attached hydrogens (primary N) is 1. The fraction of sp³-hybridized carbons (Fsp3) is 0.417. The van der Waals surface area contributed by atoms with E-state index in [-0.39, 0.29) is 65.8 Å². The van der Waals surface area contributed by atoms with Gasteiger partial charge in [0.2, 0.25) is 5.82 Å². The van der Waals surface area contributed by atoms with Crippen LogP contribution in [0.1, 0.15) is 53.8 Å². The molecule has 4 heterocycles. The Balaban J connectivity index is 1.52. The molecule has 0 aromatic carbocycles. The highest BCUT2D eigenvalue weighted by Crippen LogP contribution is 2.30. The molecule has 0 radical (unpaired) electrons. The molecule has 0 bridgehead atoms. The molecule has 1 aliphatic rings. The minimum atomic E-state index is -3.07. The van der Waals surface area contributed by atoms with Crippen molar-refractivity contribution in [1.82, 2.24) is 20.1 Å². The molecule has 1 amide bonds. The van der Waals surface area contributed by atoms with Gasteiger partial charge in [-0.2, -0.15) is 5.41 Å². The fourth-order valence-corrected chi connectivity index (χ4v) is 4.96. The van der Waals surface area contributed by atoms with E-state index in [0.29, 0.717) is 17.0 Å². The van der Waals surface area contributed by atoms with Gasteiger partial charge < -0.3 is 19.9 Å². The summed E-state index contributed by atoms with van der Waals surface area (Å²) in [7, 11) is -3.07. The van der Waals surface area contributed by atoms with Crippen molar-refractivity contribution >= 4 is 27.4 Å². The summed E-state index contributed by atoms with van der Waals surface area (Å²) in [5.74, 6) is 0.698. The smallest absolute Gasteiger partial charge is 0.308 e. The zero-order chi connectivity index (χ0) is 27.0. The van der Waals surface area contributed by atoms with Crippen molar-refractivity contribution in [2.75, 3.05) is 30.3 Å². The van der Waals surface area contributed by atoms with E-state index in [0.717, 1.165) is 5.56 Å². The lowest BCUT2D eigenvalue weighted by Crippen LogP contribution is -2.49. The molecular weight excluding hydrogens is 498 g/mol. The first-order chi connectivity index (χ1) is 17.3. The molecule has 37 heavy (non-hydrogen) atoms. The van der Waals surface area contributed by atoms with E-state index in [1.54, 1.807) is 31.2 Å². The molecule has 13 heteroatoms. The van der Waals surface area contributed by atoms with Crippen LogP contribution in [0.3, 0.4) is 0 Å². The second kappa shape index (κ2) is 9.88. The molecule has 0 atom stereocenters. The average molecular weight is 529 g/mol. The molecule has 3 aromatic heterocycles. The molecule has 12 nitrogen and oxygen atoms in total. The van der Waals surface area contributed by atoms with Crippen LogP contribution in [0.15, 0.2) is 35.0 Å². The molecule has 1 aliphatic heterocycles. The van der Waals surface area contributed by atoms with E-state index >= 15 is 0 Å². The number of aromatic nitrogens is 4. The third kappa shape index (κ3) is 5.93. The summed E-state index contributed by atoms with van der Waals surface area (Å²) in [6, 6.07) is 6.65. The molecule has 0 spiro atoms. The van der Waals surface area contributed by atoms with E-state index in [4.69, 9.17) is 20.4 Å². The predicted molar refractivity (Wildman–Crippen MR) is 134 cm³/mol. The molecule has 4 rings (SSSR count). The van der Waals surface area contributed by atoms with E-state index in [1.807, 2.05) is 20.8 Å². The van der Waals surface area contributed by atoms with Crippen molar-refractivity contribution in [1.29, 1.82) is 5.41 Å². The van der Waals surface area contributed by atoms with Crippen molar-refractivity contribution in [3.8, 4) is 5.88 Å². The summed E-state index contributed by atoms with van der Waals surface area (Å²) in [5, 5.41) is 16.8. The molecule has 3 aromatic rings. The van der Waals surface area contributed by atoms with Crippen LogP contribution < -0.4 is 15.2 Å². The Morgan fingerprint density at radius 3 is 2.51 bits per heavy atom. The lowest BCUT2D eigenvalue weighted by molar-refractivity contribution is -0.608. The van der Waals surface area contributed by atoms with Gasteiger partial charge in [0, 0.05) is 37.0 Å². The van der Waals surface area contributed by atoms with Gasteiger partial charge in [-0.3, -0.25) is 9.78 Å². The van der Waals surface area contributed by atoms with Gasteiger partial charge in [0.1, 0.15) is 12.4 Å². The number of rotatable bonds is 5. The van der Waals surface area contributed by atoms with Crippen LogP contribution >= 0.6 is 0 Å². The van der Waals surface area contributed by atoms with Gasteiger partial charge in [-0.1, -0.05) is 35.7 Å². The molecule has 196 valence electrons. The number of pyridine rings is 1. The topological polar surface area (TPSA) is 169 Å². The number of amides is 1. The quantitative estimate of drug-likeness (QED) is 0.281. The van der Waals surface area contributed by atoms with Gasteiger partial charge >= 0.3 is 5.84 Å². The molecule has 0 saturated carbocycles. The molecule has 0 aliphatic carbocycles. The Bertz CT molecular complexity index is 1430. The van der Waals surface area contributed by atoms with Gasteiger partial charge in [-0.15, -0.1) is 0 Å². The number of hydrogen-bond acceptors (Lipinski definition) is 10. The van der Waals surface area contributed by atoms with Crippen LogP contribution in [-0.4, -0.2) is 64.9 Å². The summed E-state index contributed by atoms with van der Waals surface area (Å²) in [6.45, 7) is 8.13. The number of ether oxygens (including phenoxy) is 1. The number of aryl methyl sites for hydroxylation is 1. The zero-order valence-electron chi connectivity index (χ0n) is 21.2. The number of carbonyl (C=O) groups excluding carboxylic acids is 1. The van der Waals surface area contributed by atoms with E-state index in [2.05, 4.69) is 15.2 Å². The Morgan fingerprint density at radius 2 is 1.95 bits per heavy atom. The van der Waals surface area contributed by atoms with Crippen molar-refractivity contribution in [2.45, 2.75) is 39.7 Å². The molecular formula is C24H30N7O5S+. The standard InChI is InChI=1S/C24H29N7O5S/c1-15-11-19(29-36-15)21(26)31-20(25)12-18(24(2,3)4)22(28-31)35-14-17-6-5-16(13-27-17)23(32)30-7-9-37(33,34)10-8-30/h5-6,11-13,25-26H,7-10,14H2,1-4H3/p+1. The second-order valence-electron chi connectivity index (χ2n) is 9.89. The SMILES string of the molecule is Cc1cc(C(=N)[n+]2nc(OCc3ccc(C(=O)N4CCS(=O)(=O)CC4)cn3)c(C(C)(C)C)cc2N)no1. The summed E-state index contributed by atoms with van der Waals surface area (Å²) in [5.41, 5.74) is 7.83. The molecule has 1 saturated heterocycles. The highest BCUT2D eigenvalue weighted by atomic mass is 32.2. The number of nitrogens with one attached hydrogen (secondary N) is 1. The Hall–Kier alpha value is -3.87. The Labute approximate surface area is 214 Å². The first kappa shape index (κ1) is 26.2. The first-order valence-corrected chi connectivity index (χ1v) is 13.5. The number of carbonyl (C=O) groups is 1. The van der Waals surface area contributed by atoms with E-state index in [1.165, 1.54) is 15.8 Å². The number of nitrogens with zero attached hydrogens (tertiary/aromatic N) is 5. The van der Waals surface area contributed by atoms with E-state index in [9.17, 15) is 13.2 Å². The maximum atomic E-state index is 12.7. The third-order valence-electron chi connectivity index (χ3n) is 5.91. The second-order valence-corrected chi connectivity index (χ2v) is 12.2. The van der Waals surface area contributed by atoms with E-state index < -0.39 is 9.84 Å². The summed E-state index contributed by atoms with van der Waals surface area (Å²) in [4.78, 5) is 18.6. The highest BCUT2D eigenvalue weighted by molar-refractivity contribution is 7.91. The molecule has 3 N–H and O–H groups in total. The van der Waals surface area contributed by atoms with Gasteiger partial charge in [0.15, 0.2) is 15.5 Å². The maximum absolute atomic E-state index is 12.7. The third-order valence-corrected chi connectivity index (χ3v) is 7.52. The number of nitrogen functional groups attached to an aromatic ring is 1. The van der Waals surface area contributed by atoms with Gasteiger partial charge in [0.05, 0.1) is 22.8 Å². The zero-order valence-corrected chi connectivity index (χ0v) is 22.0. The minimum absolute atomic E-state index is 0.0312. The summed E-state index contributed by atoms with van der Waals surface area (Å²) < 4.78 is 35.6. The van der Waals surface area contributed by atoms with Crippen LogP contribution in [0, 0.1) is 12.3 Å². The molecule has 0 unspecified atom stereocenters. The summed E-state index contributed by atoms with van der Waals surface area (Å²) in [6.07, 6.45) is 1.45. The Kier molecular flexibility index (Phi) is 7.00. The lowest BCUT2D eigenvalue weighted by atomic mass is 9.88. The lowest BCUT2D eigenvalue weighted by Gasteiger charge is -2.26. The number of anilines is 1. The minimum Gasteiger partial charge on any atom is -0.469 e. The predicted octanol–water partition coefficient (Wildman–Crippen LogP) is 1.26. The van der Waals surface area contributed by atoms with Crippen LogP contribution in [-0.2, 0) is 21.9 Å². The van der Waals surface area contributed by atoms with Crippen molar-refractivity contribution < 1.29 is 27.2 Å². The number of sulfone groups is 1. The molecule has 1 fully saturated rings. The van der Waals surface area contributed by atoms with Crippen LogP contribution in [0.4, 0.5) is 5.82 Å². The fourth-order valence-electron chi connectivity index (χ4n) is 3.76. The maximum Gasteiger partial charge on any atom is 0.308 e. The first-order valence-electron chi connectivity index (χ1n) is 11.7. The van der Waals surface area contributed by atoms with Gasteiger partial charge in [0.25, 0.3) is 11.8 Å². The highest BCUT2D eigenvalue weighted by Gasteiger charge is 2.28. The Morgan fingerprint density at radius 1 is 1.24 bits per heavy atom. The van der Waals surface area contributed by atoms with Crippen LogP contribution in [0.2, 0.25) is 0 Å². The van der Waals surface area contributed by atoms with Crippen LogP contribution in [0.25, 0.3) is 0 Å². The normalized spacial score (nSPS) is 15.4. The monoisotopic (exact) mass is 528 g/mol. The van der Waals surface area contributed by atoms with Crippen molar-refractivity contribution in [2.24, 2.45) is 0 Å². The summed E-state index contributed by atoms with van der Waals surface area (Å²) >= 11 is 0. The largest absolute Gasteiger partial charge is 0.469 e. The van der Waals surface area contributed by atoms with Crippen molar-refractivity contribution in [3.05, 3.63) is 58.7 Å².